The maximum Gasteiger partial charge on any atom is 0.593 e. The average Bonchev–Trinajstić information content (AvgIpc) is 3.01. The van der Waals surface area contributed by atoms with Crippen LogP contribution < -0.4 is 4.90 Å². The van der Waals surface area contributed by atoms with Crippen molar-refractivity contribution in [2.24, 2.45) is 0 Å². The summed E-state index contributed by atoms with van der Waals surface area (Å²) in [5.41, 5.74) is -3.90. The Bertz CT molecular complexity index is 775. The molecule has 0 aliphatic rings. The van der Waals surface area contributed by atoms with Gasteiger partial charge in [-0.15, -0.1) is 17.5 Å². The highest BCUT2D eigenvalue weighted by Gasteiger charge is 2.48. The number of carbonyl (C=O) groups is 1. The number of hydrogen-bond donors (Lipinski definition) is 0. The molecule has 148 valence electrons. The molecule has 0 aromatic carbocycles. The first-order valence-electron chi connectivity index (χ1n) is 7.81. The van der Waals surface area contributed by atoms with E-state index < -0.39 is 22.8 Å². The molecule has 0 fully saturated rings. The topological polar surface area (TPSA) is 77.3 Å². The van der Waals surface area contributed by atoms with Crippen molar-refractivity contribution in [1.29, 1.82) is 0 Å². The molecule has 0 bridgehead atoms. The average molecular weight is 424 g/mol. The van der Waals surface area contributed by atoms with E-state index in [1.54, 1.807) is 37.6 Å². The molecule has 0 aliphatic heterocycles. The second kappa shape index (κ2) is 8.91. The van der Waals surface area contributed by atoms with Crippen LogP contribution in [0.15, 0.2) is 30.7 Å². The lowest BCUT2D eigenvalue weighted by Gasteiger charge is -2.23. The third-order valence-electron chi connectivity index (χ3n) is 3.59. The van der Waals surface area contributed by atoms with Gasteiger partial charge in [-0.3, -0.25) is 9.78 Å². The minimum absolute atomic E-state index is 0.0706. The molecule has 12 heteroatoms. The number of anilines is 1. The van der Waals surface area contributed by atoms with Crippen molar-refractivity contribution < 1.29 is 22.5 Å². The summed E-state index contributed by atoms with van der Waals surface area (Å²) in [6.07, 6.45) is 4.43. The van der Waals surface area contributed by atoms with Crippen molar-refractivity contribution in [2.75, 3.05) is 25.0 Å². The monoisotopic (exact) mass is 423 g/mol. The smallest absolute Gasteiger partial charge is 0.591 e. The molecular weight excluding hydrogens is 407 g/mol. The molecule has 27 heavy (non-hydrogen) atoms. The lowest BCUT2D eigenvalue weighted by molar-refractivity contribution is -0.118. The highest BCUT2D eigenvalue weighted by Crippen LogP contribution is 2.28. The van der Waals surface area contributed by atoms with E-state index in [4.69, 9.17) is 11.6 Å². The third-order valence-corrected chi connectivity index (χ3v) is 5.01. The zero-order valence-electron chi connectivity index (χ0n) is 14.5. The number of hydrogen-bond acceptors (Lipinski definition) is 5. The lowest BCUT2D eigenvalue weighted by Crippen LogP contribution is -2.40. The Labute approximate surface area is 162 Å². The number of alkyl halides is 3. The van der Waals surface area contributed by atoms with Crippen LogP contribution in [0.1, 0.15) is 13.3 Å². The highest BCUT2D eigenvalue weighted by atomic mass is 35.5. The number of pyridine rings is 1. The molecule has 0 N–H and O–H groups in total. The zero-order chi connectivity index (χ0) is 20.2. The van der Waals surface area contributed by atoms with E-state index in [0.717, 1.165) is 7.05 Å². The van der Waals surface area contributed by atoms with Gasteiger partial charge in [0.2, 0.25) is 5.91 Å². The summed E-state index contributed by atoms with van der Waals surface area (Å²) < 4.78 is 50.7. The number of amides is 1. The molecule has 2 heterocycles. The molecule has 1 unspecified atom stereocenters. The Morgan fingerprint density at radius 3 is 2.70 bits per heavy atom. The summed E-state index contributed by atoms with van der Waals surface area (Å²) >= 11 is 2.96. The van der Waals surface area contributed by atoms with Crippen molar-refractivity contribution in [3.05, 3.63) is 35.9 Å². The van der Waals surface area contributed by atoms with Crippen molar-refractivity contribution >= 4 is 34.6 Å². The quantitative estimate of drug-likeness (QED) is 0.640. The molecule has 0 saturated carbocycles. The molecule has 0 saturated heterocycles. The molecule has 2 aromatic rings. The van der Waals surface area contributed by atoms with Gasteiger partial charge in [0, 0.05) is 26.2 Å². The van der Waals surface area contributed by atoms with Crippen molar-refractivity contribution in [1.82, 2.24) is 19.1 Å². The lowest BCUT2D eigenvalue weighted by atomic mass is 10.3. The van der Waals surface area contributed by atoms with E-state index in [1.165, 1.54) is 9.58 Å². The van der Waals surface area contributed by atoms with E-state index in [0.29, 0.717) is 15.7 Å². The fourth-order valence-electron chi connectivity index (χ4n) is 2.28. The van der Waals surface area contributed by atoms with Crippen LogP contribution in [-0.2, 0) is 16.2 Å². The first-order chi connectivity index (χ1) is 12.6. The Balaban J connectivity index is 2.10. The van der Waals surface area contributed by atoms with Gasteiger partial charge >= 0.3 is 5.51 Å². The molecule has 1 atom stereocenters. The van der Waals surface area contributed by atoms with Crippen LogP contribution in [0.2, 0.25) is 5.15 Å². The summed E-state index contributed by atoms with van der Waals surface area (Å²) in [4.78, 5) is 17.7. The Morgan fingerprint density at radius 2 is 2.15 bits per heavy atom. The van der Waals surface area contributed by atoms with Crippen LogP contribution >= 0.6 is 11.6 Å². The van der Waals surface area contributed by atoms with Gasteiger partial charge < -0.3 is 9.45 Å². The van der Waals surface area contributed by atoms with Crippen LogP contribution in [-0.4, -0.2) is 55.2 Å². The van der Waals surface area contributed by atoms with Crippen LogP contribution in [0.25, 0.3) is 5.69 Å². The number of nitrogens with zero attached hydrogens (tertiary/aromatic N) is 5. The van der Waals surface area contributed by atoms with E-state index in [2.05, 4.69) is 10.1 Å². The molecular formula is C15H17ClF3N5O2S. The molecule has 0 spiro atoms. The molecule has 2 rings (SSSR count). The van der Waals surface area contributed by atoms with Gasteiger partial charge in [0.1, 0.15) is 5.69 Å². The maximum atomic E-state index is 12.5. The summed E-state index contributed by atoms with van der Waals surface area (Å²) in [6.45, 7) is 1.62. The van der Waals surface area contributed by atoms with Gasteiger partial charge in [0.25, 0.3) is 0 Å². The van der Waals surface area contributed by atoms with Crippen molar-refractivity contribution in [3.8, 4) is 5.69 Å². The molecule has 0 aliphatic carbocycles. The molecule has 2 aromatic heterocycles. The van der Waals surface area contributed by atoms with Crippen LogP contribution in [0.4, 0.5) is 18.9 Å². The van der Waals surface area contributed by atoms with Gasteiger partial charge in [0.15, 0.2) is 16.5 Å². The van der Waals surface area contributed by atoms with E-state index >= 15 is 0 Å². The number of aromatic nitrogens is 3. The minimum atomic E-state index is -4.86. The van der Waals surface area contributed by atoms with E-state index in [-0.39, 0.29) is 24.7 Å². The summed E-state index contributed by atoms with van der Waals surface area (Å²) in [5.74, 6) is -0.462. The number of carbonyl (C=O) groups excluding carboxylic acids is 1. The first-order valence-corrected chi connectivity index (χ1v) is 9.29. The summed E-state index contributed by atoms with van der Waals surface area (Å²) in [7, 11) is 1.04. The summed E-state index contributed by atoms with van der Waals surface area (Å²) in [5, 5.41) is 4.20. The maximum absolute atomic E-state index is 12.5. The van der Waals surface area contributed by atoms with E-state index in [1.807, 2.05) is 0 Å². The predicted molar refractivity (Wildman–Crippen MR) is 95.8 cm³/mol. The van der Waals surface area contributed by atoms with Crippen molar-refractivity contribution in [2.45, 2.75) is 18.9 Å². The van der Waals surface area contributed by atoms with Gasteiger partial charge in [-0.25, -0.2) is 4.68 Å². The minimum Gasteiger partial charge on any atom is -0.591 e. The second-order valence-corrected chi connectivity index (χ2v) is 7.34. The number of rotatable bonds is 7. The highest BCUT2D eigenvalue weighted by molar-refractivity contribution is 7.89. The fourth-order valence-corrected chi connectivity index (χ4v) is 3.12. The Morgan fingerprint density at radius 1 is 1.44 bits per heavy atom. The van der Waals surface area contributed by atoms with E-state index in [9.17, 15) is 22.5 Å². The SMILES string of the molecule is CCN(C(=O)CCN(C)[S+]([O-])C(F)(F)F)c1cn(-c2cccnc2)nc1Cl. The molecule has 1 amide bonds. The Kier molecular flexibility index (Phi) is 7.09. The van der Waals surface area contributed by atoms with Gasteiger partial charge in [-0.2, -0.15) is 5.10 Å². The van der Waals surface area contributed by atoms with Gasteiger partial charge in [-0.05, 0) is 19.1 Å². The largest absolute Gasteiger partial charge is 0.593 e. The normalized spacial score (nSPS) is 13.0. The molecule has 0 radical (unpaired) electrons. The second-order valence-electron chi connectivity index (χ2n) is 5.40. The predicted octanol–water partition coefficient (Wildman–Crippen LogP) is 2.78. The van der Waals surface area contributed by atoms with Crippen LogP contribution in [0, 0.1) is 0 Å². The van der Waals surface area contributed by atoms with Gasteiger partial charge in [-0.1, -0.05) is 11.6 Å². The summed E-state index contributed by atoms with van der Waals surface area (Å²) in [6, 6.07) is 3.46. The standard InChI is InChI=1S/C15H17ClF3N5O2S/c1-3-23(13(25)6-8-22(2)27(26)15(17,18)19)12-10-24(21-14(12)16)11-5-4-7-20-9-11/h4-5,7,9-10H,3,6,8H2,1-2H3. The van der Waals surface area contributed by atoms with Crippen LogP contribution in [0.5, 0.6) is 0 Å². The zero-order valence-corrected chi connectivity index (χ0v) is 16.1. The Hall–Kier alpha value is -1.82. The number of halogens is 4. The fraction of sp³-hybridized carbons (Fsp3) is 0.400. The van der Waals surface area contributed by atoms with Crippen molar-refractivity contribution in [3.63, 3.8) is 0 Å². The van der Waals surface area contributed by atoms with Crippen LogP contribution in [0.3, 0.4) is 0 Å². The first kappa shape index (κ1) is 21.5. The van der Waals surface area contributed by atoms with Gasteiger partial charge in [0.05, 0.1) is 24.6 Å². The third kappa shape index (κ3) is 5.34. The molecule has 7 nitrogen and oxygen atoms in total.